The number of hydrogen-bond acceptors (Lipinski definition) is 3. The van der Waals surface area contributed by atoms with Crippen molar-refractivity contribution in [3.8, 4) is 0 Å². The summed E-state index contributed by atoms with van der Waals surface area (Å²) in [6.45, 7) is 3.25. The lowest BCUT2D eigenvalue weighted by atomic mass is 9.93. The number of alkyl halides is 2. The molecule has 1 heterocycles. The molecule has 0 radical (unpaired) electrons. The predicted molar refractivity (Wildman–Crippen MR) is 60.0 cm³/mol. The number of hydrogen-bond donors (Lipinski definition) is 2. The van der Waals surface area contributed by atoms with Crippen molar-refractivity contribution in [3.63, 3.8) is 0 Å². The molecule has 0 aromatic rings. The quantitative estimate of drug-likeness (QED) is 0.802. The van der Waals surface area contributed by atoms with Crippen LogP contribution in [-0.4, -0.2) is 30.2 Å². The Kier molecular flexibility index (Phi) is 4.30. The predicted octanol–water partition coefficient (Wildman–Crippen LogP) is 2.03. The number of amides is 1. The Morgan fingerprint density at radius 3 is 2.71 bits per heavy atom. The zero-order valence-corrected chi connectivity index (χ0v) is 10.3. The minimum atomic E-state index is -2.59. The van der Waals surface area contributed by atoms with Gasteiger partial charge in [0.25, 0.3) is 5.92 Å². The van der Waals surface area contributed by atoms with Gasteiger partial charge in [-0.15, -0.1) is 0 Å². The molecule has 1 aliphatic heterocycles. The molecule has 4 nitrogen and oxygen atoms in total. The zero-order chi connectivity index (χ0) is 13.1. The number of primary amides is 1. The molecule has 1 atom stereocenters. The highest BCUT2D eigenvalue weighted by Gasteiger charge is 2.35. The van der Waals surface area contributed by atoms with Crippen LogP contribution in [0.15, 0.2) is 0 Å². The van der Waals surface area contributed by atoms with Gasteiger partial charge in [0.15, 0.2) is 0 Å². The van der Waals surface area contributed by atoms with E-state index >= 15 is 0 Å². The highest BCUT2D eigenvalue weighted by atomic mass is 19.3. The molecule has 1 aliphatic rings. The molecule has 0 bridgehead atoms. The van der Waals surface area contributed by atoms with Crippen LogP contribution in [0.2, 0.25) is 0 Å². The van der Waals surface area contributed by atoms with Crippen LogP contribution >= 0.6 is 0 Å². The first-order valence-corrected chi connectivity index (χ1v) is 5.80. The fraction of sp³-hybridized carbons (Fsp3) is 0.909. The third-order valence-corrected chi connectivity index (χ3v) is 2.98. The maximum absolute atomic E-state index is 12.9. The largest absolute Gasteiger partial charge is 0.444 e. The lowest BCUT2D eigenvalue weighted by molar-refractivity contribution is -0.0331. The number of carbonyl (C=O) groups is 1. The van der Waals surface area contributed by atoms with Gasteiger partial charge < -0.3 is 15.8 Å². The van der Waals surface area contributed by atoms with E-state index in [4.69, 9.17) is 10.5 Å². The van der Waals surface area contributed by atoms with Gasteiger partial charge in [-0.25, -0.2) is 13.6 Å². The molecule has 3 N–H and O–H groups in total. The fourth-order valence-electron chi connectivity index (χ4n) is 1.96. The Morgan fingerprint density at radius 1 is 1.59 bits per heavy atom. The first-order valence-electron chi connectivity index (χ1n) is 5.80. The Morgan fingerprint density at radius 2 is 2.24 bits per heavy atom. The summed E-state index contributed by atoms with van der Waals surface area (Å²) in [4.78, 5) is 10.6. The van der Waals surface area contributed by atoms with Crippen molar-refractivity contribution in [2.45, 2.75) is 57.1 Å². The summed E-state index contributed by atoms with van der Waals surface area (Å²) in [5.41, 5.74) is 4.30. The second kappa shape index (κ2) is 5.16. The Hall–Kier alpha value is -0.910. The number of piperidine rings is 1. The Bertz CT molecular complexity index is 273. The van der Waals surface area contributed by atoms with Crippen molar-refractivity contribution in [3.05, 3.63) is 0 Å². The summed E-state index contributed by atoms with van der Waals surface area (Å²) in [5, 5.41) is 2.81. The van der Waals surface area contributed by atoms with Gasteiger partial charge in [0.2, 0.25) is 0 Å². The summed E-state index contributed by atoms with van der Waals surface area (Å²) in [6, 6.07) is 0.0605. The van der Waals surface area contributed by atoms with Crippen LogP contribution in [0.5, 0.6) is 0 Å². The van der Waals surface area contributed by atoms with Gasteiger partial charge in [-0.3, -0.25) is 0 Å². The molecule has 0 unspecified atom stereocenters. The molecule has 1 amide bonds. The van der Waals surface area contributed by atoms with E-state index in [1.165, 1.54) is 0 Å². The Labute approximate surface area is 99.9 Å². The van der Waals surface area contributed by atoms with E-state index in [-0.39, 0.29) is 19.0 Å². The molecule has 100 valence electrons. The molecule has 0 spiro atoms. The topological polar surface area (TPSA) is 64.3 Å². The van der Waals surface area contributed by atoms with Gasteiger partial charge in [0.1, 0.15) is 5.60 Å². The molecule has 0 saturated carbocycles. The van der Waals surface area contributed by atoms with Crippen molar-refractivity contribution in [1.82, 2.24) is 5.32 Å². The molecule has 1 rings (SSSR count). The third-order valence-electron chi connectivity index (χ3n) is 2.98. The van der Waals surface area contributed by atoms with Crippen molar-refractivity contribution in [1.29, 1.82) is 0 Å². The lowest BCUT2D eigenvalue weighted by Gasteiger charge is -2.32. The van der Waals surface area contributed by atoms with E-state index in [0.29, 0.717) is 19.3 Å². The maximum atomic E-state index is 12.9. The van der Waals surface area contributed by atoms with E-state index in [1.807, 2.05) is 0 Å². The van der Waals surface area contributed by atoms with E-state index < -0.39 is 17.6 Å². The molecular weight excluding hydrogens is 230 g/mol. The normalized spacial score (nSPS) is 24.4. The average molecular weight is 250 g/mol. The minimum Gasteiger partial charge on any atom is -0.444 e. The van der Waals surface area contributed by atoms with Gasteiger partial charge in [-0.1, -0.05) is 0 Å². The van der Waals surface area contributed by atoms with E-state index in [2.05, 4.69) is 5.32 Å². The number of nitrogens with one attached hydrogen (secondary N) is 1. The van der Waals surface area contributed by atoms with Crippen LogP contribution in [0.25, 0.3) is 0 Å². The molecule has 1 fully saturated rings. The third kappa shape index (κ3) is 5.30. The number of nitrogens with two attached hydrogens (primary N) is 1. The monoisotopic (exact) mass is 250 g/mol. The fourth-order valence-corrected chi connectivity index (χ4v) is 1.96. The SMILES string of the molecule is CC(C)(CC[C@@H]1CCC(F)(F)CN1)OC(N)=O. The molecular formula is C11H20F2N2O2. The van der Waals surface area contributed by atoms with Crippen LogP contribution in [0, 0.1) is 0 Å². The van der Waals surface area contributed by atoms with E-state index in [0.717, 1.165) is 0 Å². The summed E-state index contributed by atoms with van der Waals surface area (Å²) in [5.74, 6) is -2.59. The van der Waals surface area contributed by atoms with E-state index in [1.54, 1.807) is 13.8 Å². The maximum Gasteiger partial charge on any atom is 0.405 e. The van der Waals surface area contributed by atoms with E-state index in [9.17, 15) is 13.6 Å². The van der Waals surface area contributed by atoms with Crippen molar-refractivity contribution in [2.75, 3.05) is 6.54 Å². The van der Waals surface area contributed by atoms with Gasteiger partial charge in [-0.2, -0.15) is 0 Å². The molecule has 1 saturated heterocycles. The number of ether oxygens (including phenoxy) is 1. The first-order chi connectivity index (χ1) is 7.70. The highest BCUT2D eigenvalue weighted by Crippen LogP contribution is 2.27. The summed E-state index contributed by atoms with van der Waals surface area (Å²) >= 11 is 0. The zero-order valence-electron chi connectivity index (χ0n) is 10.3. The minimum absolute atomic E-state index is 0.0605. The Balaban J connectivity index is 2.30. The van der Waals surface area contributed by atoms with Crippen molar-refractivity contribution < 1.29 is 18.3 Å². The van der Waals surface area contributed by atoms with Gasteiger partial charge in [-0.05, 0) is 33.1 Å². The standard InChI is InChI=1S/C11H20F2N2O2/c1-10(2,17-9(14)16)5-3-8-4-6-11(12,13)7-15-8/h8,15H,3-7H2,1-2H3,(H2,14,16)/t8-/m1/s1. The van der Waals surface area contributed by atoms with Crippen molar-refractivity contribution in [2.24, 2.45) is 5.73 Å². The van der Waals surface area contributed by atoms with Crippen LogP contribution in [0.4, 0.5) is 13.6 Å². The molecule has 0 aromatic heterocycles. The smallest absolute Gasteiger partial charge is 0.405 e. The number of halogens is 2. The number of carbonyl (C=O) groups excluding carboxylic acids is 1. The highest BCUT2D eigenvalue weighted by molar-refractivity contribution is 5.65. The molecule has 0 aromatic carbocycles. The van der Waals surface area contributed by atoms with Crippen LogP contribution in [-0.2, 0) is 4.74 Å². The molecule has 6 heteroatoms. The first kappa shape index (κ1) is 14.2. The average Bonchev–Trinajstić information content (AvgIpc) is 2.14. The van der Waals surface area contributed by atoms with Crippen molar-refractivity contribution >= 4 is 6.09 Å². The summed E-state index contributed by atoms with van der Waals surface area (Å²) in [7, 11) is 0. The number of rotatable bonds is 4. The second-order valence-electron chi connectivity index (χ2n) is 5.19. The van der Waals surface area contributed by atoms with Crippen LogP contribution in [0.3, 0.4) is 0 Å². The van der Waals surface area contributed by atoms with Crippen LogP contribution < -0.4 is 11.1 Å². The van der Waals surface area contributed by atoms with Crippen LogP contribution in [0.1, 0.15) is 39.5 Å². The lowest BCUT2D eigenvalue weighted by Crippen LogP contribution is -2.46. The molecule has 17 heavy (non-hydrogen) atoms. The molecule has 0 aliphatic carbocycles. The van der Waals surface area contributed by atoms with Gasteiger partial charge >= 0.3 is 6.09 Å². The van der Waals surface area contributed by atoms with Gasteiger partial charge in [0.05, 0.1) is 6.54 Å². The second-order valence-corrected chi connectivity index (χ2v) is 5.19. The van der Waals surface area contributed by atoms with Gasteiger partial charge in [0, 0.05) is 12.5 Å². The summed E-state index contributed by atoms with van der Waals surface area (Å²) in [6.07, 6.45) is 0.842. The summed E-state index contributed by atoms with van der Waals surface area (Å²) < 4.78 is 30.7.